The van der Waals surface area contributed by atoms with Gasteiger partial charge < -0.3 is 14.9 Å². The highest BCUT2D eigenvalue weighted by molar-refractivity contribution is 7.18. The molecular weight excluding hydrogens is 370 g/mol. The topological polar surface area (TPSA) is 75.6 Å². The van der Waals surface area contributed by atoms with E-state index >= 15 is 0 Å². The minimum atomic E-state index is -0.0804. The van der Waals surface area contributed by atoms with E-state index < -0.39 is 0 Å². The van der Waals surface area contributed by atoms with Gasteiger partial charge in [-0.25, -0.2) is 9.97 Å². The highest BCUT2D eigenvalue weighted by Crippen LogP contribution is 2.27. The third-order valence-electron chi connectivity index (χ3n) is 5.16. The number of hydrogen-bond acceptors (Lipinski definition) is 5. The first-order chi connectivity index (χ1) is 13.4. The van der Waals surface area contributed by atoms with E-state index in [1.165, 1.54) is 5.56 Å². The molecule has 144 valence electrons. The van der Waals surface area contributed by atoms with Crippen LogP contribution in [0.1, 0.15) is 47.8 Å². The number of hydrogen-bond donors (Lipinski definition) is 2. The van der Waals surface area contributed by atoms with E-state index in [0.29, 0.717) is 11.2 Å². The first kappa shape index (κ1) is 18.6. The molecule has 0 saturated carbocycles. The monoisotopic (exact) mass is 393 g/mol. The average Bonchev–Trinajstić information content (AvgIpc) is 3.31. The van der Waals surface area contributed by atoms with Crippen molar-refractivity contribution in [3.8, 4) is 5.69 Å². The van der Waals surface area contributed by atoms with Crippen LogP contribution in [0.25, 0.3) is 15.9 Å². The van der Waals surface area contributed by atoms with Gasteiger partial charge in [0.15, 0.2) is 0 Å². The van der Waals surface area contributed by atoms with E-state index in [0.717, 1.165) is 21.0 Å². The Kier molecular flexibility index (Phi) is 4.87. The molecule has 3 heterocycles. The zero-order chi connectivity index (χ0) is 19.8. The van der Waals surface area contributed by atoms with Gasteiger partial charge in [-0.15, -0.1) is 11.3 Å². The van der Waals surface area contributed by atoms with Crippen molar-refractivity contribution in [2.45, 2.75) is 39.8 Å². The fourth-order valence-corrected chi connectivity index (χ4v) is 4.41. The molecule has 0 saturated heterocycles. The molecule has 0 fully saturated rings. The van der Waals surface area contributed by atoms with E-state index in [-0.39, 0.29) is 17.6 Å². The third kappa shape index (κ3) is 3.39. The molecule has 2 N–H and O–H groups in total. The van der Waals surface area contributed by atoms with Crippen molar-refractivity contribution < 1.29 is 0 Å². The van der Waals surface area contributed by atoms with Crippen LogP contribution in [-0.2, 0) is 0 Å². The van der Waals surface area contributed by atoms with Gasteiger partial charge in [-0.05, 0) is 51.0 Å². The van der Waals surface area contributed by atoms with Crippen LogP contribution in [0.3, 0.4) is 0 Å². The van der Waals surface area contributed by atoms with Crippen LogP contribution in [0.5, 0.6) is 0 Å². The predicted molar refractivity (Wildman–Crippen MR) is 113 cm³/mol. The smallest absolute Gasteiger partial charge is 0.259 e. The van der Waals surface area contributed by atoms with Gasteiger partial charge in [0.1, 0.15) is 10.7 Å². The number of H-pyrrole nitrogens is 1. The van der Waals surface area contributed by atoms with Crippen LogP contribution in [-0.4, -0.2) is 19.5 Å². The van der Waals surface area contributed by atoms with Crippen molar-refractivity contribution >= 4 is 21.6 Å². The lowest BCUT2D eigenvalue weighted by molar-refractivity contribution is 0.477. The fourth-order valence-electron chi connectivity index (χ4n) is 3.37. The summed E-state index contributed by atoms with van der Waals surface area (Å²) >= 11 is 1.57. The summed E-state index contributed by atoms with van der Waals surface area (Å²) in [5.41, 5.74) is 3.20. The molecule has 2 atom stereocenters. The summed E-state index contributed by atoms with van der Waals surface area (Å²) in [6.45, 7) is 8.13. The molecule has 0 spiro atoms. The number of rotatable bonds is 5. The Bertz CT molecular complexity index is 1160. The van der Waals surface area contributed by atoms with Gasteiger partial charge >= 0.3 is 0 Å². The number of thiophene rings is 1. The molecule has 6 nitrogen and oxygen atoms in total. The molecule has 0 aliphatic carbocycles. The Morgan fingerprint density at radius 2 is 1.89 bits per heavy atom. The second kappa shape index (κ2) is 7.33. The van der Waals surface area contributed by atoms with Gasteiger partial charge in [0, 0.05) is 29.0 Å². The number of benzene rings is 1. The van der Waals surface area contributed by atoms with Crippen molar-refractivity contribution in [1.29, 1.82) is 0 Å². The first-order valence-electron chi connectivity index (χ1n) is 9.28. The van der Waals surface area contributed by atoms with Crippen LogP contribution in [0, 0.1) is 13.8 Å². The van der Waals surface area contributed by atoms with E-state index in [4.69, 9.17) is 4.98 Å². The Morgan fingerprint density at radius 1 is 1.14 bits per heavy atom. The van der Waals surface area contributed by atoms with E-state index in [1.54, 1.807) is 23.9 Å². The third-order valence-corrected chi connectivity index (χ3v) is 6.26. The van der Waals surface area contributed by atoms with Crippen molar-refractivity contribution in [3.63, 3.8) is 0 Å². The lowest BCUT2D eigenvalue weighted by Crippen LogP contribution is -2.26. The largest absolute Gasteiger partial charge is 0.309 e. The van der Waals surface area contributed by atoms with Crippen molar-refractivity contribution in [1.82, 2.24) is 24.8 Å². The number of aromatic nitrogens is 4. The van der Waals surface area contributed by atoms with Crippen LogP contribution >= 0.6 is 11.3 Å². The summed E-state index contributed by atoms with van der Waals surface area (Å²) in [5, 5.41) is 4.24. The number of fused-ring (bicyclic) bond motifs is 1. The van der Waals surface area contributed by atoms with Crippen LogP contribution in [0.4, 0.5) is 0 Å². The Hall–Kier alpha value is -2.77. The van der Waals surface area contributed by atoms with Gasteiger partial charge in [0.2, 0.25) is 0 Å². The molecule has 0 amide bonds. The molecule has 1 aromatic carbocycles. The maximum absolute atomic E-state index is 12.5. The van der Waals surface area contributed by atoms with Gasteiger partial charge in [-0.3, -0.25) is 4.79 Å². The second-order valence-corrected chi connectivity index (χ2v) is 8.29. The average molecular weight is 394 g/mol. The normalized spacial score (nSPS) is 13.7. The quantitative estimate of drug-likeness (QED) is 0.533. The van der Waals surface area contributed by atoms with Crippen molar-refractivity contribution in [3.05, 3.63) is 75.2 Å². The maximum Gasteiger partial charge on any atom is 0.259 e. The molecule has 0 radical (unpaired) electrons. The van der Waals surface area contributed by atoms with E-state index in [2.05, 4.69) is 46.5 Å². The molecule has 0 unspecified atom stereocenters. The summed E-state index contributed by atoms with van der Waals surface area (Å²) in [6, 6.07) is 8.38. The highest BCUT2D eigenvalue weighted by atomic mass is 32.1. The van der Waals surface area contributed by atoms with Crippen molar-refractivity contribution in [2.24, 2.45) is 0 Å². The summed E-state index contributed by atoms with van der Waals surface area (Å²) < 4.78 is 1.97. The number of aromatic amines is 1. The van der Waals surface area contributed by atoms with Gasteiger partial charge in [0.25, 0.3) is 5.56 Å². The van der Waals surface area contributed by atoms with Gasteiger partial charge in [-0.1, -0.05) is 12.1 Å². The van der Waals surface area contributed by atoms with Crippen molar-refractivity contribution in [2.75, 3.05) is 0 Å². The summed E-state index contributed by atoms with van der Waals surface area (Å²) in [5.74, 6) is 0.667. The molecule has 28 heavy (non-hydrogen) atoms. The second-order valence-electron chi connectivity index (χ2n) is 7.09. The number of imidazole rings is 1. The number of aryl methyl sites for hydroxylation is 2. The molecule has 7 heteroatoms. The minimum Gasteiger partial charge on any atom is -0.309 e. The fraction of sp³-hybridized carbons (Fsp3) is 0.286. The van der Waals surface area contributed by atoms with Crippen LogP contribution < -0.4 is 10.9 Å². The predicted octanol–water partition coefficient (Wildman–Crippen LogP) is 4.20. The molecule has 0 aliphatic heterocycles. The number of nitrogens with zero attached hydrogens (tertiary/aromatic N) is 3. The molecule has 0 aliphatic rings. The van der Waals surface area contributed by atoms with Gasteiger partial charge in [-0.2, -0.15) is 0 Å². The zero-order valence-corrected chi connectivity index (χ0v) is 17.2. The van der Waals surface area contributed by atoms with E-state index in [9.17, 15) is 4.79 Å². The van der Waals surface area contributed by atoms with Crippen LogP contribution in [0.2, 0.25) is 0 Å². The highest BCUT2D eigenvalue weighted by Gasteiger charge is 2.17. The Balaban J connectivity index is 1.54. The standard InChI is InChI=1S/C21H23N5OS/c1-12-15(4)28-21-18(12)20(27)24-19(25-21)14(3)23-13(2)16-5-7-17(8-6-16)26-10-9-22-11-26/h5-11,13-14,23H,1-4H3,(H,24,25,27)/t13-,14-/m0/s1. The molecule has 0 bridgehead atoms. The number of nitrogens with one attached hydrogen (secondary N) is 2. The summed E-state index contributed by atoms with van der Waals surface area (Å²) in [7, 11) is 0. The zero-order valence-electron chi connectivity index (χ0n) is 16.4. The molecular formula is C21H23N5OS. The minimum absolute atomic E-state index is 0.0622. The molecule has 4 rings (SSSR count). The molecule has 4 aromatic rings. The van der Waals surface area contributed by atoms with Gasteiger partial charge in [0.05, 0.1) is 17.8 Å². The lowest BCUT2D eigenvalue weighted by Gasteiger charge is -2.20. The van der Waals surface area contributed by atoms with E-state index in [1.807, 2.05) is 31.5 Å². The molecule has 3 aromatic heterocycles. The lowest BCUT2D eigenvalue weighted by atomic mass is 10.1. The SMILES string of the molecule is Cc1sc2nc([C@H](C)N[C@@H](C)c3ccc(-n4ccnc4)cc3)[nH]c(=O)c2c1C. The maximum atomic E-state index is 12.5. The summed E-state index contributed by atoms with van der Waals surface area (Å²) in [6.07, 6.45) is 5.47. The first-order valence-corrected chi connectivity index (χ1v) is 10.1. The Labute approximate surface area is 167 Å². The Morgan fingerprint density at radius 3 is 2.57 bits per heavy atom. The summed E-state index contributed by atoms with van der Waals surface area (Å²) in [4.78, 5) is 26.2. The van der Waals surface area contributed by atoms with Crippen LogP contribution in [0.15, 0.2) is 47.8 Å².